The highest BCUT2D eigenvalue weighted by Gasteiger charge is 2.19. The van der Waals surface area contributed by atoms with Gasteiger partial charge < -0.3 is 14.6 Å². The molecular weight excluding hydrogens is 372 g/mol. The van der Waals surface area contributed by atoms with Gasteiger partial charge in [-0.15, -0.1) is 10.2 Å². The molecule has 0 spiro atoms. The maximum absolute atomic E-state index is 12.2. The molecule has 0 aliphatic heterocycles. The molecule has 0 unspecified atom stereocenters. The third-order valence-electron chi connectivity index (χ3n) is 4.96. The average Bonchev–Trinajstić information content (AvgIpc) is 3.36. The minimum absolute atomic E-state index is 0.0812. The molecular formula is C21H30N4O2S. The molecule has 1 saturated carbocycles. The molecule has 1 aromatic carbocycles. The zero-order chi connectivity index (χ0) is 19.8. The van der Waals surface area contributed by atoms with Gasteiger partial charge in [-0.25, -0.2) is 0 Å². The highest BCUT2D eigenvalue weighted by Crippen LogP contribution is 2.26. The monoisotopic (exact) mass is 402 g/mol. The van der Waals surface area contributed by atoms with E-state index in [1.807, 2.05) is 24.3 Å². The summed E-state index contributed by atoms with van der Waals surface area (Å²) in [6, 6.07) is 8.33. The molecule has 3 rings (SSSR count). The lowest BCUT2D eigenvalue weighted by Crippen LogP contribution is -2.33. The first kappa shape index (κ1) is 20.7. The van der Waals surface area contributed by atoms with Crippen LogP contribution in [0.1, 0.15) is 52.4 Å². The molecule has 1 aliphatic carbocycles. The molecule has 7 heteroatoms. The van der Waals surface area contributed by atoms with Crippen LogP contribution in [0.15, 0.2) is 29.4 Å². The van der Waals surface area contributed by atoms with Crippen LogP contribution in [0.4, 0.5) is 0 Å². The number of carbonyl (C=O) groups excluding carboxylic acids is 1. The van der Waals surface area contributed by atoms with Crippen molar-refractivity contribution in [2.24, 2.45) is 0 Å². The number of amides is 1. The lowest BCUT2D eigenvalue weighted by Gasteiger charge is -2.12. The van der Waals surface area contributed by atoms with E-state index in [-0.39, 0.29) is 5.91 Å². The number of hydrogen-bond donors (Lipinski definition) is 1. The zero-order valence-corrected chi connectivity index (χ0v) is 17.6. The van der Waals surface area contributed by atoms with Gasteiger partial charge in [-0.2, -0.15) is 0 Å². The second kappa shape index (κ2) is 10.5. The van der Waals surface area contributed by atoms with Crippen LogP contribution >= 0.6 is 11.8 Å². The van der Waals surface area contributed by atoms with Gasteiger partial charge in [-0.05, 0) is 50.5 Å². The molecule has 1 heterocycles. The number of rotatable bonds is 10. The van der Waals surface area contributed by atoms with Gasteiger partial charge in [0.2, 0.25) is 5.91 Å². The fourth-order valence-electron chi connectivity index (χ4n) is 3.40. The summed E-state index contributed by atoms with van der Waals surface area (Å²) >= 11 is 1.45. The highest BCUT2D eigenvalue weighted by molar-refractivity contribution is 7.99. The summed E-state index contributed by atoms with van der Waals surface area (Å²) in [6.07, 6.45) is 6.81. The second-order valence-corrected chi connectivity index (χ2v) is 8.06. The Kier molecular flexibility index (Phi) is 7.77. The Labute approximate surface area is 171 Å². The van der Waals surface area contributed by atoms with E-state index in [9.17, 15) is 4.79 Å². The van der Waals surface area contributed by atoms with E-state index in [1.54, 1.807) is 0 Å². The summed E-state index contributed by atoms with van der Waals surface area (Å²) < 4.78 is 7.78. The minimum atomic E-state index is 0.0812. The van der Waals surface area contributed by atoms with Crippen molar-refractivity contribution in [2.75, 3.05) is 12.4 Å². The average molecular weight is 403 g/mol. The van der Waals surface area contributed by atoms with Crippen molar-refractivity contribution >= 4 is 17.7 Å². The number of nitrogens with zero attached hydrogens (tertiary/aromatic N) is 3. The van der Waals surface area contributed by atoms with Gasteiger partial charge in [0.15, 0.2) is 11.0 Å². The number of unbranched alkanes of at least 4 members (excludes halogenated alkanes) is 1. The number of nitrogens with one attached hydrogen (secondary N) is 1. The van der Waals surface area contributed by atoms with Crippen molar-refractivity contribution in [3.63, 3.8) is 0 Å². The van der Waals surface area contributed by atoms with Crippen LogP contribution in [0.5, 0.6) is 5.75 Å². The SMILES string of the molecule is CCCCOc1ccc(-c2nnc(SCC(=O)NC3CCCC3)n2CC)cc1. The van der Waals surface area contributed by atoms with E-state index in [2.05, 4.69) is 33.9 Å². The zero-order valence-electron chi connectivity index (χ0n) is 16.8. The van der Waals surface area contributed by atoms with Gasteiger partial charge in [0.1, 0.15) is 5.75 Å². The van der Waals surface area contributed by atoms with Gasteiger partial charge in [-0.1, -0.05) is 37.9 Å². The Hall–Kier alpha value is -2.02. The van der Waals surface area contributed by atoms with E-state index in [4.69, 9.17) is 4.74 Å². The van der Waals surface area contributed by atoms with Crippen LogP contribution in [0.3, 0.4) is 0 Å². The highest BCUT2D eigenvalue weighted by atomic mass is 32.2. The van der Waals surface area contributed by atoms with Crippen molar-refractivity contribution in [1.82, 2.24) is 20.1 Å². The molecule has 1 N–H and O–H groups in total. The molecule has 152 valence electrons. The molecule has 1 aliphatic rings. The fourth-order valence-corrected chi connectivity index (χ4v) is 4.21. The van der Waals surface area contributed by atoms with Gasteiger partial charge >= 0.3 is 0 Å². The van der Waals surface area contributed by atoms with Crippen LogP contribution in [-0.2, 0) is 11.3 Å². The predicted molar refractivity (Wildman–Crippen MR) is 113 cm³/mol. The standard InChI is InChI=1S/C21H30N4O2S/c1-3-5-14-27-18-12-10-16(11-13-18)20-23-24-21(25(20)4-2)28-15-19(26)22-17-8-6-7-9-17/h10-13,17H,3-9,14-15H2,1-2H3,(H,22,26). The van der Waals surface area contributed by atoms with Crippen molar-refractivity contribution in [3.05, 3.63) is 24.3 Å². The molecule has 0 bridgehead atoms. The summed E-state index contributed by atoms with van der Waals surface area (Å²) in [5.74, 6) is 2.15. The lowest BCUT2D eigenvalue weighted by molar-refractivity contribution is -0.119. The maximum Gasteiger partial charge on any atom is 0.230 e. The summed E-state index contributed by atoms with van der Waals surface area (Å²) in [6.45, 7) is 5.71. The van der Waals surface area contributed by atoms with Crippen LogP contribution in [0.2, 0.25) is 0 Å². The van der Waals surface area contributed by atoms with Gasteiger partial charge in [0.05, 0.1) is 12.4 Å². The van der Waals surface area contributed by atoms with Crippen molar-refractivity contribution < 1.29 is 9.53 Å². The molecule has 0 saturated heterocycles. The van der Waals surface area contributed by atoms with E-state index in [0.29, 0.717) is 11.8 Å². The molecule has 1 fully saturated rings. The molecule has 1 aromatic heterocycles. The smallest absolute Gasteiger partial charge is 0.230 e. The topological polar surface area (TPSA) is 69.0 Å². The number of benzene rings is 1. The lowest BCUT2D eigenvalue weighted by atomic mass is 10.2. The number of thioether (sulfide) groups is 1. The van der Waals surface area contributed by atoms with E-state index in [0.717, 1.165) is 61.1 Å². The van der Waals surface area contributed by atoms with Crippen LogP contribution in [0.25, 0.3) is 11.4 Å². The summed E-state index contributed by atoms with van der Waals surface area (Å²) in [7, 11) is 0. The van der Waals surface area contributed by atoms with Crippen LogP contribution < -0.4 is 10.1 Å². The number of hydrogen-bond acceptors (Lipinski definition) is 5. The summed E-state index contributed by atoms with van der Waals surface area (Å²) in [4.78, 5) is 12.2. The van der Waals surface area contributed by atoms with E-state index >= 15 is 0 Å². The minimum Gasteiger partial charge on any atom is -0.494 e. The van der Waals surface area contributed by atoms with Gasteiger partial charge in [-0.3, -0.25) is 4.79 Å². The second-order valence-electron chi connectivity index (χ2n) is 7.11. The fraction of sp³-hybridized carbons (Fsp3) is 0.571. The van der Waals surface area contributed by atoms with E-state index in [1.165, 1.54) is 24.6 Å². The molecule has 28 heavy (non-hydrogen) atoms. The van der Waals surface area contributed by atoms with Crippen molar-refractivity contribution in [2.45, 2.75) is 70.1 Å². The molecule has 6 nitrogen and oxygen atoms in total. The van der Waals surface area contributed by atoms with Crippen molar-refractivity contribution in [3.8, 4) is 17.1 Å². The normalized spacial score (nSPS) is 14.4. The molecule has 0 radical (unpaired) electrons. The van der Waals surface area contributed by atoms with Gasteiger partial charge in [0.25, 0.3) is 0 Å². The summed E-state index contributed by atoms with van der Waals surface area (Å²) in [5.41, 5.74) is 0.999. The van der Waals surface area contributed by atoms with E-state index < -0.39 is 0 Å². The predicted octanol–water partition coefficient (Wildman–Crippen LogP) is 4.29. The number of ether oxygens (including phenoxy) is 1. The van der Waals surface area contributed by atoms with Crippen LogP contribution in [0, 0.1) is 0 Å². The Morgan fingerprint density at radius 3 is 2.64 bits per heavy atom. The first-order valence-electron chi connectivity index (χ1n) is 10.3. The number of carbonyl (C=O) groups is 1. The van der Waals surface area contributed by atoms with Gasteiger partial charge in [0, 0.05) is 18.2 Å². The molecule has 0 atom stereocenters. The Morgan fingerprint density at radius 1 is 1.21 bits per heavy atom. The third kappa shape index (κ3) is 5.50. The largest absolute Gasteiger partial charge is 0.494 e. The first-order valence-corrected chi connectivity index (χ1v) is 11.3. The maximum atomic E-state index is 12.2. The quantitative estimate of drug-likeness (QED) is 0.474. The Morgan fingerprint density at radius 2 is 1.96 bits per heavy atom. The first-order chi connectivity index (χ1) is 13.7. The number of aromatic nitrogens is 3. The summed E-state index contributed by atoms with van der Waals surface area (Å²) in [5, 5.41) is 12.6. The Bertz CT molecular complexity index is 754. The van der Waals surface area contributed by atoms with Crippen LogP contribution in [-0.4, -0.2) is 39.1 Å². The molecule has 2 aromatic rings. The Balaban J connectivity index is 1.60. The third-order valence-corrected chi connectivity index (χ3v) is 5.93. The van der Waals surface area contributed by atoms with Crippen molar-refractivity contribution in [1.29, 1.82) is 0 Å². The molecule has 1 amide bonds.